The molecule has 0 N–H and O–H groups in total. The van der Waals surface area contributed by atoms with Gasteiger partial charge in [0.2, 0.25) is 5.91 Å². The van der Waals surface area contributed by atoms with Gasteiger partial charge in [0, 0.05) is 43.2 Å². The highest BCUT2D eigenvalue weighted by Gasteiger charge is 2.28. The van der Waals surface area contributed by atoms with Crippen LogP contribution in [0, 0.1) is 5.82 Å². The molecule has 9 heteroatoms. The lowest BCUT2D eigenvalue weighted by atomic mass is 9.85. The van der Waals surface area contributed by atoms with E-state index in [4.69, 9.17) is 21.3 Å². The Bertz CT molecular complexity index is 1460. The number of hydrogen-bond acceptors (Lipinski definition) is 6. The monoisotopic (exact) mass is 563 g/mol. The summed E-state index contributed by atoms with van der Waals surface area (Å²) in [6.07, 6.45) is 7.63. The van der Waals surface area contributed by atoms with E-state index in [9.17, 15) is 4.79 Å². The first-order valence-electron chi connectivity index (χ1n) is 14.2. The molecule has 40 heavy (non-hydrogen) atoms. The average molecular weight is 564 g/mol. The molecule has 2 aromatic carbocycles. The lowest BCUT2D eigenvalue weighted by Gasteiger charge is -2.35. The summed E-state index contributed by atoms with van der Waals surface area (Å²) in [6, 6.07) is 8.32. The maximum Gasteiger partial charge on any atom is 0.319 e. The molecule has 1 aromatic heterocycles. The van der Waals surface area contributed by atoms with E-state index in [1.165, 1.54) is 17.2 Å². The van der Waals surface area contributed by atoms with E-state index in [1.54, 1.807) is 11.0 Å². The molecule has 2 fully saturated rings. The van der Waals surface area contributed by atoms with E-state index in [0.29, 0.717) is 54.6 Å². The number of carbonyl (C=O) groups is 1. The molecule has 7 nitrogen and oxygen atoms in total. The van der Waals surface area contributed by atoms with E-state index in [0.717, 1.165) is 50.6 Å². The van der Waals surface area contributed by atoms with Crippen LogP contribution in [-0.4, -0.2) is 78.1 Å². The van der Waals surface area contributed by atoms with Crippen molar-refractivity contribution in [3.05, 3.63) is 58.9 Å². The maximum absolute atomic E-state index is 16.6. The number of aryl methyl sites for hydroxylation is 1. The molecule has 1 amide bonds. The van der Waals surface area contributed by atoms with Crippen molar-refractivity contribution in [2.45, 2.75) is 44.6 Å². The summed E-state index contributed by atoms with van der Waals surface area (Å²) in [5.41, 5.74) is 3.87. The average Bonchev–Trinajstić information content (AvgIpc) is 3.40. The number of hydrogen-bond donors (Lipinski definition) is 0. The summed E-state index contributed by atoms with van der Waals surface area (Å²) in [5, 5.41) is 0.889. The number of carbonyl (C=O) groups excluding carboxylic acids is 1. The number of piperazine rings is 1. The predicted octanol–water partition coefficient (Wildman–Crippen LogP) is 5.28. The van der Waals surface area contributed by atoms with Crippen LogP contribution in [-0.2, 0) is 17.6 Å². The summed E-state index contributed by atoms with van der Waals surface area (Å²) in [6.45, 7) is 7.20. The summed E-state index contributed by atoms with van der Waals surface area (Å²) < 4.78 is 22.7. The van der Waals surface area contributed by atoms with Gasteiger partial charge in [-0.15, -0.1) is 0 Å². The zero-order chi connectivity index (χ0) is 27.8. The van der Waals surface area contributed by atoms with Gasteiger partial charge in [-0.2, -0.15) is 9.97 Å². The zero-order valence-electron chi connectivity index (χ0n) is 23.0. The molecule has 3 aliphatic rings. The van der Waals surface area contributed by atoms with Crippen LogP contribution in [0.4, 0.5) is 10.2 Å². The van der Waals surface area contributed by atoms with Gasteiger partial charge in [-0.1, -0.05) is 36.4 Å². The Labute approximate surface area is 239 Å². The Kier molecular flexibility index (Phi) is 7.64. The Morgan fingerprint density at radius 2 is 1.95 bits per heavy atom. The highest BCUT2D eigenvalue weighted by Crippen LogP contribution is 2.42. The number of rotatable bonds is 6. The van der Waals surface area contributed by atoms with Gasteiger partial charge in [0.25, 0.3) is 0 Å². The lowest BCUT2D eigenvalue weighted by molar-refractivity contribution is -0.126. The largest absolute Gasteiger partial charge is 0.462 e. The topological polar surface area (TPSA) is 61.8 Å². The second-order valence-corrected chi connectivity index (χ2v) is 11.4. The van der Waals surface area contributed by atoms with Gasteiger partial charge in [0.05, 0.1) is 5.02 Å². The van der Waals surface area contributed by atoms with Crippen molar-refractivity contribution < 1.29 is 13.9 Å². The normalized spacial score (nSPS) is 19.6. The molecule has 1 atom stereocenters. The van der Waals surface area contributed by atoms with Crippen molar-refractivity contribution in [2.24, 2.45) is 0 Å². The van der Waals surface area contributed by atoms with E-state index < -0.39 is 5.82 Å². The Morgan fingerprint density at radius 1 is 1.15 bits per heavy atom. The van der Waals surface area contributed by atoms with Crippen LogP contribution in [0.1, 0.15) is 36.8 Å². The van der Waals surface area contributed by atoms with Crippen molar-refractivity contribution in [3.8, 4) is 17.1 Å². The highest BCUT2D eigenvalue weighted by atomic mass is 35.5. The van der Waals surface area contributed by atoms with Gasteiger partial charge in [0.1, 0.15) is 17.9 Å². The summed E-state index contributed by atoms with van der Waals surface area (Å²) in [4.78, 5) is 27.6. The molecule has 0 spiro atoms. The molecule has 2 saturated heterocycles. The second kappa shape index (κ2) is 11.3. The molecular formula is C31H35ClFN5O2. The quantitative estimate of drug-likeness (QED) is 0.381. The summed E-state index contributed by atoms with van der Waals surface area (Å²) >= 11 is 6.87. The minimum atomic E-state index is -0.451. The van der Waals surface area contributed by atoms with Gasteiger partial charge in [-0.05, 0) is 81.0 Å². The third-order valence-electron chi connectivity index (χ3n) is 8.65. The van der Waals surface area contributed by atoms with Crippen LogP contribution >= 0.6 is 11.6 Å². The van der Waals surface area contributed by atoms with Crippen molar-refractivity contribution in [2.75, 3.05) is 51.3 Å². The second-order valence-electron chi connectivity index (χ2n) is 11.0. The maximum atomic E-state index is 16.6. The fraction of sp³-hybridized carbons (Fsp3) is 0.452. The third kappa shape index (κ3) is 5.03. The van der Waals surface area contributed by atoms with Gasteiger partial charge < -0.3 is 19.4 Å². The Morgan fingerprint density at radius 3 is 2.70 bits per heavy atom. The van der Waals surface area contributed by atoms with Crippen LogP contribution < -0.4 is 9.64 Å². The first-order valence-corrected chi connectivity index (χ1v) is 14.6. The lowest BCUT2D eigenvalue weighted by Crippen LogP contribution is -2.48. The van der Waals surface area contributed by atoms with Crippen LogP contribution in [0.25, 0.3) is 22.0 Å². The number of nitrogens with zero attached hydrogens (tertiary/aromatic N) is 5. The molecule has 210 valence electrons. The predicted molar refractivity (Wildman–Crippen MR) is 157 cm³/mol. The van der Waals surface area contributed by atoms with E-state index in [1.807, 2.05) is 12.1 Å². The molecule has 3 aromatic rings. The number of fused-ring (bicyclic) bond motifs is 2. The molecule has 0 bridgehead atoms. The van der Waals surface area contributed by atoms with Crippen molar-refractivity contribution >= 4 is 34.2 Å². The molecule has 2 aliphatic heterocycles. The standard InChI is InChI=1S/C31H35ClFN5O2/c1-3-26(39)37-14-16-38(17-15-37)30-24-18-25(32)27(23-12-6-9-20-8-4-5-11-22(20)23)28(33)29(24)34-31(35-30)40-19-21-10-7-13-36(21)2/h3,6,9,12,18,21H,1,4-5,7-8,10-11,13-17,19H2,2H3/t21-/m0/s1. The Hall–Kier alpha value is -3.23. The van der Waals surface area contributed by atoms with Crippen molar-refractivity contribution in [1.82, 2.24) is 19.8 Å². The Balaban J connectivity index is 1.43. The number of likely N-dealkylation sites (tertiary alicyclic amines) is 1. The zero-order valence-corrected chi connectivity index (χ0v) is 23.7. The number of halogens is 2. The van der Waals surface area contributed by atoms with E-state index in [2.05, 4.69) is 34.5 Å². The number of amides is 1. The minimum Gasteiger partial charge on any atom is -0.462 e. The minimum absolute atomic E-state index is 0.0955. The fourth-order valence-corrected chi connectivity index (χ4v) is 6.65. The molecule has 6 rings (SSSR count). The third-order valence-corrected chi connectivity index (χ3v) is 8.95. The van der Waals surface area contributed by atoms with Crippen LogP contribution in [0.2, 0.25) is 5.02 Å². The number of benzene rings is 2. The van der Waals surface area contributed by atoms with Crippen LogP contribution in [0.5, 0.6) is 6.01 Å². The van der Waals surface area contributed by atoms with Gasteiger partial charge in [0.15, 0.2) is 5.82 Å². The first-order chi connectivity index (χ1) is 19.4. The number of likely N-dealkylation sites (N-methyl/N-ethyl adjacent to an activating group) is 1. The van der Waals surface area contributed by atoms with E-state index >= 15 is 4.39 Å². The molecular weight excluding hydrogens is 529 g/mol. The number of aromatic nitrogens is 2. The summed E-state index contributed by atoms with van der Waals surface area (Å²) in [5.74, 6) is 0.0307. The summed E-state index contributed by atoms with van der Waals surface area (Å²) in [7, 11) is 2.09. The van der Waals surface area contributed by atoms with Gasteiger partial charge in [-0.25, -0.2) is 4.39 Å². The number of ether oxygens (including phenoxy) is 1. The van der Waals surface area contributed by atoms with Crippen molar-refractivity contribution in [1.29, 1.82) is 0 Å². The van der Waals surface area contributed by atoms with Gasteiger partial charge >= 0.3 is 6.01 Å². The highest BCUT2D eigenvalue weighted by molar-refractivity contribution is 6.34. The SMILES string of the molecule is C=CC(=O)N1CCN(c2nc(OC[C@@H]3CCCN3C)nc3c(F)c(-c4cccc5c4CCCC5)c(Cl)cc23)CC1. The smallest absolute Gasteiger partial charge is 0.319 e. The van der Waals surface area contributed by atoms with E-state index in [-0.39, 0.29) is 23.5 Å². The molecule has 1 aliphatic carbocycles. The van der Waals surface area contributed by atoms with Gasteiger partial charge in [-0.3, -0.25) is 4.79 Å². The fourth-order valence-electron chi connectivity index (χ4n) is 6.36. The number of anilines is 1. The molecule has 0 saturated carbocycles. The first kappa shape index (κ1) is 27.0. The molecule has 0 unspecified atom stereocenters. The van der Waals surface area contributed by atoms with Crippen LogP contribution in [0.15, 0.2) is 36.9 Å². The molecule has 3 heterocycles. The molecule has 0 radical (unpaired) electrons. The van der Waals surface area contributed by atoms with Crippen LogP contribution in [0.3, 0.4) is 0 Å². The van der Waals surface area contributed by atoms with Crippen molar-refractivity contribution in [3.63, 3.8) is 0 Å².